The van der Waals surface area contributed by atoms with E-state index in [9.17, 15) is 9.59 Å². The van der Waals surface area contributed by atoms with Crippen molar-refractivity contribution in [3.05, 3.63) is 42.1 Å². The Kier molecular flexibility index (Phi) is 7.93. The number of carbonyl (C=O) groups excluding carboxylic acids is 2. The number of pyridine rings is 1. The highest BCUT2D eigenvalue weighted by Gasteiger charge is 2.41. The first kappa shape index (κ1) is 23.6. The molecular weight excluding hydrogens is 416 g/mol. The van der Waals surface area contributed by atoms with Crippen LogP contribution in [0.5, 0.6) is 0 Å². The van der Waals surface area contributed by atoms with Gasteiger partial charge in [-0.1, -0.05) is 24.6 Å². The van der Waals surface area contributed by atoms with E-state index >= 15 is 0 Å². The quantitative estimate of drug-likeness (QED) is 0.732. The molecule has 1 atom stereocenters. The molecule has 0 radical (unpaired) electrons. The molecule has 178 valence electrons. The second-order valence-corrected chi connectivity index (χ2v) is 9.50. The standard InChI is InChI=1S/C26H36N4O3/c1-20-24(31)27-12-6-16-33-15-5-4-9-26(25(32)29-20)10-13-30(14-11-26)19-21-17-22-7-2-3-8-23(22)28-18-21/h2-3,7-8,17-18,20H,4-6,9-16,19H2,1H3,(H,27,31)(H,29,32)/t20-/m0/s1. The molecule has 2 aliphatic rings. The summed E-state index contributed by atoms with van der Waals surface area (Å²) < 4.78 is 5.69. The summed E-state index contributed by atoms with van der Waals surface area (Å²) in [5, 5.41) is 7.07. The van der Waals surface area contributed by atoms with Gasteiger partial charge in [-0.25, -0.2) is 0 Å². The lowest BCUT2D eigenvalue weighted by atomic mass is 9.73. The summed E-state index contributed by atoms with van der Waals surface area (Å²) in [4.78, 5) is 32.7. The first-order chi connectivity index (χ1) is 16.1. The molecule has 2 amide bonds. The second kappa shape index (κ2) is 11.1. The molecule has 2 aliphatic heterocycles. The van der Waals surface area contributed by atoms with Crippen LogP contribution in [0.25, 0.3) is 10.9 Å². The van der Waals surface area contributed by atoms with Gasteiger partial charge in [0.05, 0.1) is 10.9 Å². The highest BCUT2D eigenvalue weighted by Crippen LogP contribution is 2.37. The molecule has 3 heterocycles. The molecule has 1 spiro atoms. The monoisotopic (exact) mass is 452 g/mol. The number of hydrogen-bond donors (Lipinski definition) is 2. The minimum atomic E-state index is -0.528. The first-order valence-corrected chi connectivity index (χ1v) is 12.3. The molecular formula is C26H36N4O3. The molecule has 0 unspecified atom stereocenters. The van der Waals surface area contributed by atoms with Crippen LogP contribution in [-0.4, -0.2) is 60.6 Å². The minimum absolute atomic E-state index is 0.0233. The SMILES string of the molecule is C[C@@H]1NC(=O)C2(CCCCOCCCNC1=O)CCN(Cc1cnc3ccccc3c1)CC2. The van der Waals surface area contributed by atoms with Crippen molar-refractivity contribution in [3.8, 4) is 0 Å². The van der Waals surface area contributed by atoms with Crippen molar-refractivity contribution in [2.24, 2.45) is 5.41 Å². The molecule has 2 N–H and O–H groups in total. The van der Waals surface area contributed by atoms with E-state index in [0.29, 0.717) is 19.8 Å². The summed E-state index contributed by atoms with van der Waals surface area (Å²) in [6.45, 7) is 6.26. The molecule has 0 aliphatic carbocycles. The van der Waals surface area contributed by atoms with Gasteiger partial charge in [-0.05, 0) is 69.8 Å². The summed E-state index contributed by atoms with van der Waals surface area (Å²) in [5.74, 6) is -0.105. The van der Waals surface area contributed by atoms with Crippen molar-refractivity contribution in [2.75, 3.05) is 32.8 Å². The van der Waals surface area contributed by atoms with E-state index < -0.39 is 11.5 Å². The van der Waals surface area contributed by atoms with Crippen molar-refractivity contribution >= 4 is 22.7 Å². The number of aromatic nitrogens is 1. The van der Waals surface area contributed by atoms with Gasteiger partial charge in [0.25, 0.3) is 0 Å². The van der Waals surface area contributed by atoms with E-state index in [4.69, 9.17) is 4.74 Å². The molecule has 1 aromatic heterocycles. The highest BCUT2D eigenvalue weighted by molar-refractivity contribution is 5.90. The van der Waals surface area contributed by atoms with Crippen LogP contribution >= 0.6 is 0 Å². The Bertz CT molecular complexity index is 955. The number of nitrogens with zero attached hydrogens (tertiary/aromatic N) is 2. The predicted octanol–water partition coefficient (Wildman–Crippen LogP) is 3.03. The smallest absolute Gasteiger partial charge is 0.242 e. The van der Waals surface area contributed by atoms with Gasteiger partial charge in [-0.15, -0.1) is 0 Å². The van der Waals surface area contributed by atoms with Gasteiger partial charge in [-0.3, -0.25) is 19.5 Å². The Hall–Kier alpha value is -2.51. The molecule has 0 saturated carbocycles. The molecule has 7 nitrogen and oxygen atoms in total. The first-order valence-electron chi connectivity index (χ1n) is 12.3. The van der Waals surface area contributed by atoms with Crippen molar-refractivity contribution < 1.29 is 14.3 Å². The van der Waals surface area contributed by atoms with Crippen LogP contribution < -0.4 is 10.6 Å². The predicted molar refractivity (Wildman–Crippen MR) is 129 cm³/mol. The Labute approximate surface area is 196 Å². The van der Waals surface area contributed by atoms with Gasteiger partial charge >= 0.3 is 0 Å². The molecule has 1 aromatic carbocycles. The van der Waals surface area contributed by atoms with Crippen LogP contribution in [-0.2, 0) is 20.9 Å². The fourth-order valence-corrected chi connectivity index (χ4v) is 4.91. The van der Waals surface area contributed by atoms with Gasteiger partial charge in [0.2, 0.25) is 11.8 Å². The van der Waals surface area contributed by atoms with Crippen LogP contribution in [0.15, 0.2) is 36.5 Å². The Morgan fingerprint density at radius 3 is 2.73 bits per heavy atom. The maximum absolute atomic E-state index is 13.4. The van der Waals surface area contributed by atoms with E-state index in [0.717, 1.165) is 69.1 Å². The van der Waals surface area contributed by atoms with Crippen molar-refractivity contribution in [2.45, 2.75) is 58.0 Å². The molecule has 7 heteroatoms. The van der Waals surface area contributed by atoms with Crippen LogP contribution in [0, 0.1) is 5.41 Å². The summed E-state index contributed by atoms with van der Waals surface area (Å²) in [7, 11) is 0. The number of ether oxygens (including phenoxy) is 1. The van der Waals surface area contributed by atoms with E-state index in [1.165, 1.54) is 5.56 Å². The Balaban J connectivity index is 1.40. The number of amides is 2. The molecule has 2 saturated heterocycles. The number of carbonyl (C=O) groups is 2. The molecule has 0 bridgehead atoms. The molecule has 2 fully saturated rings. The number of piperidine rings is 1. The normalized spacial score (nSPS) is 23.6. The maximum Gasteiger partial charge on any atom is 0.242 e. The third-order valence-corrected chi connectivity index (χ3v) is 7.05. The van der Waals surface area contributed by atoms with E-state index in [1.54, 1.807) is 6.92 Å². The van der Waals surface area contributed by atoms with Crippen LogP contribution in [0.4, 0.5) is 0 Å². The number of nitrogens with one attached hydrogen (secondary N) is 2. The average molecular weight is 453 g/mol. The lowest BCUT2D eigenvalue weighted by Crippen LogP contribution is -2.53. The fraction of sp³-hybridized carbons (Fsp3) is 0.577. The van der Waals surface area contributed by atoms with Gasteiger partial charge < -0.3 is 15.4 Å². The second-order valence-electron chi connectivity index (χ2n) is 9.50. The van der Waals surface area contributed by atoms with Gasteiger partial charge in [-0.2, -0.15) is 0 Å². The number of likely N-dealkylation sites (tertiary alicyclic amines) is 1. The van der Waals surface area contributed by atoms with Gasteiger partial charge in [0, 0.05) is 37.9 Å². The molecule has 4 rings (SSSR count). The lowest BCUT2D eigenvalue weighted by molar-refractivity contribution is -0.138. The largest absolute Gasteiger partial charge is 0.381 e. The number of fused-ring (bicyclic) bond motifs is 1. The van der Waals surface area contributed by atoms with Gasteiger partial charge in [0.15, 0.2) is 0 Å². The Morgan fingerprint density at radius 2 is 1.88 bits per heavy atom. The maximum atomic E-state index is 13.4. The number of benzene rings is 1. The highest BCUT2D eigenvalue weighted by atomic mass is 16.5. The Morgan fingerprint density at radius 1 is 1.09 bits per heavy atom. The zero-order valence-electron chi connectivity index (χ0n) is 19.6. The zero-order valence-corrected chi connectivity index (χ0v) is 19.6. The molecule has 33 heavy (non-hydrogen) atoms. The minimum Gasteiger partial charge on any atom is -0.381 e. The third kappa shape index (κ3) is 6.09. The van der Waals surface area contributed by atoms with Crippen molar-refractivity contribution in [1.82, 2.24) is 20.5 Å². The lowest BCUT2D eigenvalue weighted by Gasteiger charge is -2.41. The number of hydrogen-bond acceptors (Lipinski definition) is 5. The number of para-hydroxylation sites is 1. The zero-order chi connectivity index (χ0) is 23.1. The topological polar surface area (TPSA) is 83.6 Å². The van der Waals surface area contributed by atoms with E-state index in [1.807, 2.05) is 24.4 Å². The summed E-state index contributed by atoms with van der Waals surface area (Å²) in [6, 6.07) is 9.85. The third-order valence-electron chi connectivity index (χ3n) is 7.05. The fourth-order valence-electron chi connectivity index (χ4n) is 4.91. The van der Waals surface area contributed by atoms with Crippen LogP contribution in [0.2, 0.25) is 0 Å². The van der Waals surface area contributed by atoms with Crippen molar-refractivity contribution in [3.63, 3.8) is 0 Å². The number of rotatable bonds is 2. The van der Waals surface area contributed by atoms with Crippen molar-refractivity contribution in [1.29, 1.82) is 0 Å². The van der Waals surface area contributed by atoms with Crippen LogP contribution in [0.1, 0.15) is 51.0 Å². The van der Waals surface area contributed by atoms with E-state index in [2.05, 4.69) is 32.7 Å². The van der Waals surface area contributed by atoms with Crippen LogP contribution in [0.3, 0.4) is 0 Å². The summed E-state index contributed by atoms with van der Waals surface area (Å²) in [5.41, 5.74) is 1.79. The average Bonchev–Trinajstić information content (AvgIpc) is 2.83. The summed E-state index contributed by atoms with van der Waals surface area (Å²) in [6.07, 6.45) is 7.11. The van der Waals surface area contributed by atoms with Gasteiger partial charge in [0.1, 0.15) is 6.04 Å². The van der Waals surface area contributed by atoms with E-state index in [-0.39, 0.29) is 11.8 Å². The summed E-state index contributed by atoms with van der Waals surface area (Å²) >= 11 is 0. The molecule has 2 aromatic rings.